The fourth-order valence-corrected chi connectivity index (χ4v) is 2.31. The third-order valence-corrected chi connectivity index (χ3v) is 3.49. The lowest BCUT2D eigenvalue weighted by molar-refractivity contribution is -0.141. The van der Waals surface area contributed by atoms with Gasteiger partial charge >= 0.3 is 5.97 Å². The Morgan fingerprint density at radius 2 is 1.91 bits per heavy atom. The highest BCUT2D eigenvalue weighted by Gasteiger charge is 2.10. The summed E-state index contributed by atoms with van der Waals surface area (Å²) in [4.78, 5) is 26.2. The smallest absolute Gasteiger partial charge is 0.302 e. The number of ether oxygens (including phenoxy) is 2. The number of carbonyl (C=O) groups is 2. The van der Waals surface area contributed by atoms with Crippen LogP contribution in [0.4, 0.5) is 0 Å². The number of aryl methyl sites for hydroxylation is 1. The standard InChI is InChI=1S/C18H19NO4/c1-12-15(11-20)5-4-6-16(12)17-7-8-18(19-13(17)2)23-10-9-22-14(3)21/h4-8,11H,9-10H2,1-3H3. The minimum Gasteiger partial charge on any atom is -0.474 e. The van der Waals surface area contributed by atoms with E-state index in [1.807, 2.05) is 32.0 Å². The maximum absolute atomic E-state index is 11.1. The third-order valence-electron chi connectivity index (χ3n) is 3.49. The molecule has 23 heavy (non-hydrogen) atoms. The molecule has 5 nitrogen and oxygen atoms in total. The van der Waals surface area contributed by atoms with Gasteiger partial charge in [-0.25, -0.2) is 4.98 Å². The summed E-state index contributed by atoms with van der Waals surface area (Å²) in [6.45, 7) is 5.61. The number of hydrogen-bond donors (Lipinski definition) is 0. The van der Waals surface area contributed by atoms with E-state index < -0.39 is 0 Å². The molecule has 1 aromatic carbocycles. The highest BCUT2D eigenvalue weighted by atomic mass is 16.6. The van der Waals surface area contributed by atoms with E-state index >= 15 is 0 Å². The molecule has 5 heteroatoms. The second kappa shape index (κ2) is 7.54. The summed E-state index contributed by atoms with van der Waals surface area (Å²) in [5, 5.41) is 0. The van der Waals surface area contributed by atoms with Crippen molar-refractivity contribution in [2.45, 2.75) is 20.8 Å². The lowest BCUT2D eigenvalue weighted by Crippen LogP contribution is -2.10. The number of benzene rings is 1. The topological polar surface area (TPSA) is 65.5 Å². The van der Waals surface area contributed by atoms with Crippen LogP contribution in [0.15, 0.2) is 30.3 Å². The van der Waals surface area contributed by atoms with Gasteiger partial charge in [0.05, 0.1) is 0 Å². The molecular weight excluding hydrogens is 294 g/mol. The van der Waals surface area contributed by atoms with Crippen molar-refractivity contribution in [2.75, 3.05) is 13.2 Å². The van der Waals surface area contributed by atoms with Gasteiger partial charge < -0.3 is 9.47 Å². The number of carbonyl (C=O) groups excluding carboxylic acids is 2. The molecular formula is C18H19NO4. The van der Waals surface area contributed by atoms with E-state index in [-0.39, 0.29) is 19.2 Å². The number of hydrogen-bond acceptors (Lipinski definition) is 5. The molecule has 0 atom stereocenters. The molecule has 2 rings (SSSR count). The SMILES string of the molecule is CC(=O)OCCOc1ccc(-c2cccc(C=O)c2C)c(C)n1. The Hall–Kier alpha value is -2.69. The van der Waals surface area contributed by atoms with Crippen LogP contribution in [0.1, 0.15) is 28.5 Å². The molecule has 0 bridgehead atoms. The van der Waals surface area contributed by atoms with Crippen LogP contribution in [0.3, 0.4) is 0 Å². The highest BCUT2D eigenvalue weighted by molar-refractivity contribution is 5.83. The highest BCUT2D eigenvalue weighted by Crippen LogP contribution is 2.28. The summed E-state index contributed by atoms with van der Waals surface area (Å²) < 4.78 is 10.3. The van der Waals surface area contributed by atoms with Gasteiger partial charge in [-0.05, 0) is 31.0 Å². The molecule has 0 N–H and O–H groups in total. The summed E-state index contributed by atoms with van der Waals surface area (Å²) in [5.74, 6) is 0.140. The van der Waals surface area contributed by atoms with Crippen LogP contribution in [0.2, 0.25) is 0 Å². The molecule has 0 radical (unpaired) electrons. The maximum Gasteiger partial charge on any atom is 0.302 e. The van der Waals surface area contributed by atoms with E-state index in [0.29, 0.717) is 11.4 Å². The normalized spacial score (nSPS) is 10.2. The van der Waals surface area contributed by atoms with Crippen molar-refractivity contribution in [3.63, 3.8) is 0 Å². The van der Waals surface area contributed by atoms with E-state index in [9.17, 15) is 9.59 Å². The average molecular weight is 313 g/mol. The predicted molar refractivity (Wildman–Crippen MR) is 86.7 cm³/mol. The van der Waals surface area contributed by atoms with Crippen molar-refractivity contribution in [3.05, 3.63) is 47.2 Å². The van der Waals surface area contributed by atoms with E-state index in [1.54, 1.807) is 12.1 Å². The van der Waals surface area contributed by atoms with Crippen LogP contribution in [0, 0.1) is 13.8 Å². The summed E-state index contributed by atoms with van der Waals surface area (Å²) in [7, 11) is 0. The first kappa shape index (κ1) is 16.7. The zero-order valence-electron chi connectivity index (χ0n) is 13.5. The van der Waals surface area contributed by atoms with Crippen LogP contribution in [-0.2, 0) is 9.53 Å². The van der Waals surface area contributed by atoms with Gasteiger partial charge in [0.2, 0.25) is 5.88 Å². The second-order valence-electron chi connectivity index (χ2n) is 5.11. The third kappa shape index (κ3) is 4.16. The Kier molecular flexibility index (Phi) is 5.46. The zero-order chi connectivity index (χ0) is 16.8. The number of pyridine rings is 1. The predicted octanol–water partition coefficient (Wildman–Crippen LogP) is 3.12. The number of nitrogens with zero attached hydrogens (tertiary/aromatic N) is 1. The van der Waals surface area contributed by atoms with Gasteiger partial charge in [0.25, 0.3) is 0 Å². The molecule has 0 spiro atoms. The van der Waals surface area contributed by atoms with Crippen LogP contribution in [0.25, 0.3) is 11.1 Å². The number of aldehydes is 1. The van der Waals surface area contributed by atoms with Gasteiger partial charge in [-0.2, -0.15) is 0 Å². The van der Waals surface area contributed by atoms with Crippen LogP contribution >= 0.6 is 0 Å². The summed E-state index contributed by atoms with van der Waals surface area (Å²) in [6.07, 6.45) is 0.855. The Morgan fingerprint density at radius 1 is 1.13 bits per heavy atom. The van der Waals surface area contributed by atoms with Gasteiger partial charge in [-0.15, -0.1) is 0 Å². The molecule has 2 aromatic rings. The fraction of sp³-hybridized carbons (Fsp3) is 0.278. The van der Waals surface area contributed by atoms with Crippen LogP contribution in [-0.4, -0.2) is 30.5 Å². The first-order chi connectivity index (χ1) is 11.0. The molecule has 1 heterocycles. The van der Waals surface area contributed by atoms with Crippen LogP contribution < -0.4 is 4.74 Å². The van der Waals surface area contributed by atoms with Gasteiger partial charge in [0.1, 0.15) is 19.5 Å². The first-order valence-corrected chi connectivity index (χ1v) is 7.32. The van der Waals surface area contributed by atoms with Crippen LogP contribution in [0.5, 0.6) is 5.88 Å². The van der Waals surface area contributed by atoms with E-state index in [1.165, 1.54) is 6.92 Å². The molecule has 0 fully saturated rings. The van der Waals surface area contributed by atoms with Gasteiger partial charge in [0.15, 0.2) is 0 Å². The summed E-state index contributed by atoms with van der Waals surface area (Å²) >= 11 is 0. The molecule has 0 aliphatic carbocycles. The van der Waals surface area contributed by atoms with E-state index in [2.05, 4.69) is 4.98 Å². The Balaban J connectivity index is 2.17. The summed E-state index contributed by atoms with van der Waals surface area (Å²) in [6, 6.07) is 9.30. The molecule has 0 amide bonds. The molecule has 0 unspecified atom stereocenters. The fourth-order valence-electron chi connectivity index (χ4n) is 2.31. The Labute approximate surface area is 135 Å². The van der Waals surface area contributed by atoms with Crippen molar-refractivity contribution >= 4 is 12.3 Å². The monoisotopic (exact) mass is 313 g/mol. The largest absolute Gasteiger partial charge is 0.474 e. The lowest BCUT2D eigenvalue weighted by atomic mass is 9.96. The number of esters is 1. The van der Waals surface area contributed by atoms with Gasteiger partial charge in [-0.3, -0.25) is 9.59 Å². The van der Waals surface area contributed by atoms with Crippen molar-refractivity contribution < 1.29 is 19.1 Å². The minimum absolute atomic E-state index is 0.193. The number of rotatable bonds is 6. The second-order valence-corrected chi connectivity index (χ2v) is 5.11. The van der Waals surface area contributed by atoms with E-state index in [0.717, 1.165) is 28.7 Å². The molecule has 0 saturated heterocycles. The van der Waals surface area contributed by atoms with E-state index in [4.69, 9.17) is 9.47 Å². The summed E-state index contributed by atoms with van der Waals surface area (Å²) in [5.41, 5.74) is 4.34. The molecule has 0 saturated carbocycles. The quantitative estimate of drug-likeness (QED) is 0.466. The Morgan fingerprint density at radius 3 is 2.57 bits per heavy atom. The minimum atomic E-state index is -0.335. The Bertz CT molecular complexity index is 725. The van der Waals surface area contributed by atoms with Crippen molar-refractivity contribution in [1.29, 1.82) is 0 Å². The average Bonchev–Trinajstić information content (AvgIpc) is 2.52. The zero-order valence-corrected chi connectivity index (χ0v) is 13.5. The lowest BCUT2D eigenvalue weighted by Gasteiger charge is -2.12. The molecule has 120 valence electrons. The van der Waals surface area contributed by atoms with Crippen molar-refractivity contribution in [3.8, 4) is 17.0 Å². The molecule has 1 aromatic heterocycles. The molecule has 0 aliphatic heterocycles. The number of aromatic nitrogens is 1. The van der Waals surface area contributed by atoms with Gasteiger partial charge in [0, 0.05) is 29.8 Å². The molecule has 0 aliphatic rings. The van der Waals surface area contributed by atoms with Crippen molar-refractivity contribution in [1.82, 2.24) is 4.98 Å². The van der Waals surface area contributed by atoms with Gasteiger partial charge in [-0.1, -0.05) is 18.2 Å². The first-order valence-electron chi connectivity index (χ1n) is 7.32. The van der Waals surface area contributed by atoms with Crippen molar-refractivity contribution in [2.24, 2.45) is 0 Å². The maximum atomic E-state index is 11.1.